The average molecular weight is 295 g/mol. The van der Waals surface area contributed by atoms with Crippen LogP contribution in [0.3, 0.4) is 0 Å². The molecule has 1 aromatic rings. The second-order valence-electron chi connectivity index (χ2n) is 4.31. The largest absolute Gasteiger partial charge is 0.491 e. The first-order valence-corrected chi connectivity index (χ1v) is 6.23. The first-order chi connectivity index (χ1) is 9.34. The third-order valence-electron chi connectivity index (χ3n) is 2.49. The summed E-state index contributed by atoms with van der Waals surface area (Å²) >= 11 is 0. The first-order valence-electron chi connectivity index (χ1n) is 6.23. The minimum Gasteiger partial charge on any atom is -0.491 e. The van der Waals surface area contributed by atoms with Crippen LogP contribution < -0.4 is 10.1 Å². The molecule has 1 rings (SSSR count). The maximum absolute atomic E-state index is 13.0. The zero-order chi connectivity index (χ0) is 15.2. The van der Waals surface area contributed by atoms with Crippen molar-refractivity contribution in [2.75, 3.05) is 19.7 Å². The monoisotopic (exact) mass is 295 g/mol. The van der Waals surface area contributed by atoms with E-state index in [4.69, 9.17) is 4.74 Å². The van der Waals surface area contributed by atoms with Crippen LogP contribution in [0.1, 0.15) is 18.9 Å². The number of alkyl halides is 3. The van der Waals surface area contributed by atoms with Gasteiger partial charge in [0, 0.05) is 6.54 Å². The van der Waals surface area contributed by atoms with Crippen LogP contribution in [0.4, 0.5) is 17.6 Å². The highest BCUT2D eigenvalue weighted by atomic mass is 19.4. The predicted octanol–water partition coefficient (Wildman–Crippen LogP) is 2.58. The second kappa shape index (κ2) is 7.44. The Morgan fingerprint density at radius 2 is 2.05 bits per heavy atom. The first kappa shape index (κ1) is 16.7. The summed E-state index contributed by atoms with van der Waals surface area (Å²) in [5.74, 6) is -1.48. The fourth-order valence-electron chi connectivity index (χ4n) is 1.51. The number of nitrogens with one attached hydrogen (secondary N) is 1. The van der Waals surface area contributed by atoms with E-state index < -0.39 is 23.7 Å². The van der Waals surface area contributed by atoms with Crippen LogP contribution in [0.25, 0.3) is 0 Å². The molecule has 3 nitrogen and oxygen atoms in total. The molecule has 7 heteroatoms. The molecule has 1 aromatic carbocycles. The predicted molar refractivity (Wildman–Crippen MR) is 66.1 cm³/mol. The second-order valence-corrected chi connectivity index (χ2v) is 4.31. The molecular weight excluding hydrogens is 278 g/mol. The molecule has 0 saturated carbocycles. The van der Waals surface area contributed by atoms with Crippen molar-refractivity contribution in [2.45, 2.75) is 25.6 Å². The minimum absolute atomic E-state index is 0.131. The van der Waals surface area contributed by atoms with E-state index >= 15 is 0 Å². The molecule has 0 aromatic heterocycles. The number of aliphatic hydroxyl groups is 1. The topological polar surface area (TPSA) is 41.5 Å². The van der Waals surface area contributed by atoms with E-state index in [0.29, 0.717) is 12.1 Å². The van der Waals surface area contributed by atoms with E-state index in [1.54, 1.807) is 0 Å². The normalized spacial score (nSPS) is 13.3. The van der Waals surface area contributed by atoms with E-state index in [9.17, 15) is 22.7 Å². The van der Waals surface area contributed by atoms with Crippen molar-refractivity contribution in [3.8, 4) is 5.75 Å². The van der Waals surface area contributed by atoms with Crippen molar-refractivity contribution < 1.29 is 27.4 Å². The van der Waals surface area contributed by atoms with Gasteiger partial charge in [0.2, 0.25) is 0 Å². The third-order valence-corrected chi connectivity index (χ3v) is 2.49. The van der Waals surface area contributed by atoms with Crippen LogP contribution in [-0.2, 0) is 6.18 Å². The summed E-state index contributed by atoms with van der Waals surface area (Å²) in [4.78, 5) is 0. The Morgan fingerprint density at radius 3 is 2.65 bits per heavy atom. The number of aliphatic hydroxyl groups excluding tert-OH is 1. The van der Waals surface area contributed by atoms with Crippen LogP contribution >= 0.6 is 0 Å². The molecule has 0 aliphatic heterocycles. The Kier molecular flexibility index (Phi) is 6.22. The lowest BCUT2D eigenvalue weighted by Crippen LogP contribution is -2.31. The zero-order valence-electron chi connectivity index (χ0n) is 11.0. The number of hydrogen-bond acceptors (Lipinski definition) is 3. The summed E-state index contributed by atoms with van der Waals surface area (Å²) < 4.78 is 55.5. The van der Waals surface area contributed by atoms with Crippen LogP contribution in [0, 0.1) is 5.82 Å². The Hall–Kier alpha value is -1.34. The fraction of sp³-hybridized carbons (Fsp3) is 0.538. The van der Waals surface area contributed by atoms with Gasteiger partial charge in [0.1, 0.15) is 24.3 Å². The van der Waals surface area contributed by atoms with Gasteiger partial charge in [-0.2, -0.15) is 13.2 Å². The number of halogens is 4. The maximum Gasteiger partial charge on any atom is 0.419 e. The summed E-state index contributed by atoms with van der Waals surface area (Å²) in [5.41, 5.74) is -1.38. The highest BCUT2D eigenvalue weighted by Gasteiger charge is 2.34. The minimum atomic E-state index is -4.77. The van der Waals surface area contributed by atoms with Gasteiger partial charge in [-0.25, -0.2) is 4.39 Å². The molecule has 0 fully saturated rings. The summed E-state index contributed by atoms with van der Waals surface area (Å²) in [6.45, 7) is 2.81. The molecule has 0 aliphatic carbocycles. The fourth-order valence-corrected chi connectivity index (χ4v) is 1.51. The standard InChI is InChI=1S/C13H17F4NO2/c1-2-5-18-7-9(19)8-20-10-3-4-12(14)11(6-10)13(15,16)17/h3-4,6,9,18-19H,2,5,7-8H2,1H3. The Balaban J connectivity index is 2.56. The van der Waals surface area contributed by atoms with E-state index in [1.807, 2.05) is 6.92 Å². The van der Waals surface area contributed by atoms with Gasteiger partial charge in [0.25, 0.3) is 0 Å². The molecular formula is C13H17F4NO2. The van der Waals surface area contributed by atoms with Crippen LogP contribution in [0.5, 0.6) is 5.75 Å². The lowest BCUT2D eigenvalue weighted by Gasteiger charge is -2.14. The SMILES string of the molecule is CCCNCC(O)COc1ccc(F)c(C(F)(F)F)c1. The molecule has 1 unspecified atom stereocenters. The van der Waals surface area contributed by atoms with Gasteiger partial charge in [-0.3, -0.25) is 0 Å². The van der Waals surface area contributed by atoms with Gasteiger partial charge in [-0.15, -0.1) is 0 Å². The maximum atomic E-state index is 13.0. The van der Waals surface area contributed by atoms with Crippen molar-refractivity contribution in [1.82, 2.24) is 5.32 Å². The molecule has 0 radical (unpaired) electrons. The summed E-state index contributed by atoms with van der Waals surface area (Å²) in [5, 5.41) is 12.5. The van der Waals surface area contributed by atoms with Crippen LogP contribution in [-0.4, -0.2) is 30.9 Å². The lowest BCUT2D eigenvalue weighted by atomic mass is 10.2. The van der Waals surface area contributed by atoms with E-state index in [1.165, 1.54) is 0 Å². The molecule has 0 bridgehead atoms. The van der Waals surface area contributed by atoms with E-state index in [0.717, 1.165) is 19.0 Å². The van der Waals surface area contributed by atoms with Gasteiger partial charge >= 0.3 is 6.18 Å². The molecule has 20 heavy (non-hydrogen) atoms. The van der Waals surface area contributed by atoms with Gasteiger partial charge in [0.15, 0.2) is 0 Å². The summed E-state index contributed by atoms with van der Waals surface area (Å²) in [6, 6.07) is 2.37. The molecule has 0 amide bonds. The van der Waals surface area contributed by atoms with Gasteiger partial charge in [0.05, 0.1) is 5.56 Å². The van der Waals surface area contributed by atoms with Crippen molar-refractivity contribution in [3.63, 3.8) is 0 Å². The smallest absolute Gasteiger partial charge is 0.419 e. The molecule has 2 N–H and O–H groups in total. The zero-order valence-corrected chi connectivity index (χ0v) is 11.0. The number of hydrogen-bond donors (Lipinski definition) is 2. The Bertz CT molecular complexity index is 423. The quantitative estimate of drug-likeness (QED) is 0.600. The number of ether oxygens (including phenoxy) is 1. The molecule has 0 aliphatic rings. The van der Waals surface area contributed by atoms with E-state index in [2.05, 4.69) is 5.32 Å². The molecule has 0 heterocycles. The average Bonchev–Trinajstić information content (AvgIpc) is 2.36. The Morgan fingerprint density at radius 1 is 1.35 bits per heavy atom. The summed E-state index contributed by atoms with van der Waals surface area (Å²) in [6.07, 6.45) is -4.72. The van der Waals surface area contributed by atoms with Gasteiger partial charge in [-0.05, 0) is 31.2 Å². The van der Waals surface area contributed by atoms with Crippen molar-refractivity contribution in [3.05, 3.63) is 29.6 Å². The highest BCUT2D eigenvalue weighted by molar-refractivity contribution is 5.31. The lowest BCUT2D eigenvalue weighted by molar-refractivity contribution is -0.140. The molecule has 0 spiro atoms. The number of benzene rings is 1. The molecule has 0 saturated heterocycles. The van der Waals surface area contributed by atoms with Gasteiger partial charge in [-0.1, -0.05) is 6.92 Å². The molecule has 1 atom stereocenters. The van der Waals surface area contributed by atoms with Gasteiger partial charge < -0.3 is 15.2 Å². The van der Waals surface area contributed by atoms with Crippen LogP contribution in [0.2, 0.25) is 0 Å². The molecule has 114 valence electrons. The van der Waals surface area contributed by atoms with Crippen molar-refractivity contribution in [2.24, 2.45) is 0 Å². The van der Waals surface area contributed by atoms with E-state index in [-0.39, 0.29) is 18.9 Å². The van der Waals surface area contributed by atoms with Crippen molar-refractivity contribution in [1.29, 1.82) is 0 Å². The summed E-state index contributed by atoms with van der Waals surface area (Å²) in [7, 11) is 0. The number of rotatable bonds is 7. The highest BCUT2D eigenvalue weighted by Crippen LogP contribution is 2.33. The van der Waals surface area contributed by atoms with Crippen LogP contribution in [0.15, 0.2) is 18.2 Å². The third kappa shape index (κ3) is 5.34. The van der Waals surface area contributed by atoms with Crippen molar-refractivity contribution >= 4 is 0 Å². The Labute approximate surface area is 114 Å².